The van der Waals surface area contributed by atoms with Gasteiger partial charge in [0.2, 0.25) is 0 Å². The first-order valence-electron chi connectivity index (χ1n) is 11.9. The topological polar surface area (TPSA) is 22.1 Å². The van der Waals surface area contributed by atoms with E-state index in [1.807, 2.05) is 24.4 Å². The van der Waals surface area contributed by atoms with Crippen molar-refractivity contribution in [3.63, 3.8) is 0 Å². The highest BCUT2D eigenvalue weighted by Crippen LogP contribution is 2.28. The lowest BCUT2D eigenvalue weighted by Crippen LogP contribution is -2.20. The number of hydrogen-bond acceptors (Lipinski definition) is 2. The molecule has 0 saturated carbocycles. The van der Waals surface area contributed by atoms with Gasteiger partial charge in [-0.05, 0) is 77.9 Å². The molecule has 0 radical (unpaired) electrons. The predicted molar refractivity (Wildman–Crippen MR) is 130 cm³/mol. The Kier molecular flexibility index (Phi) is 8.05. The Labute approximate surface area is 210 Å². The van der Waals surface area contributed by atoms with Crippen molar-refractivity contribution in [3.05, 3.63) is 106 Å². The smallest absolute Gasteiger partial charge is 0.422 e. The van der Waals surface area contributed by atoms with Crippen LogP contribution in [-0.2, 0) is 32.1 Å². The third-order valence-corrected chi connectivity index (χ3v) is 6.18. The second-order valence-electron chi connectivity index (χ2n) is 8.90. The fraction of sp³-hybridized carbons (Fsp3) is 0.276. The van der Waals surface area contributed by atoms with Gasteiger partial charge in [0.1, 0.15) is 5.82 Å². The highest BCUT2D eigenvalue weighted by atomic mass is 19.4. The van der Waals surface area contributed by atoms with Crippen LogP contribution in [0.1, 0.15) is 34.9 Å². The zero-order valence-corrected chi connectivity index (χ0v) is 20.1. The van der Waals surface area contributed by atoms with Crippen LogP contribution in [0.3, 0.4) is 0 Å². The molecule has 194 valence electrons. The first-order valence-corrected chi connectivity index (χ1v) is 11.9. The van der Waals surface area contributed by atoms with Crippen LogP contribution in [0.25, 0.3) is 10.8 Å². The molecule has 37 heavy (non-hydrogen) atoms. The summed E-state index contributed by atoms with van der Waals surface area (Å²) in [6.07, 6.45) is -0.121. The Bertz CT molecular complexity index is 1360. The molecule has 0 unspecified atom stereocenters. The van der Waals surface area contributed by atoms with E-state index in [1.165, 1.54) is 5.56 Å². The minimum absolute atomic E-state index is 0.0950. The average Bonchev–Trinajstić information content (AvgIpc) is 2.86. The van der Waals surface area contributed by atoms with E-state index in [9.17, 15) is 22.0 Å². The molecule has 4 aromatic rings. The number of nitrogens with zero attached hydrogens (tertiary/aromatic N) is 1. The molecule has 0 spiro atoms. The Morgan fingerprint density at radius 3 is 2.11 bits per heavy atom. The molecule has 0 N–H and O–H groups in total. The third-order valence-electron chi connectivity index (χ3n) is 6.18. The monoisotopic (exact) mass is 517 g/mol. The van der Waals surface area contributed by atoms with E-state index in [2.05, 4.69) is 22.7 Å². The molecule has 0 atom stereocenters. The van der Waals surface area contributed by atoms with Crippen molar-refractivity contribution in [1.29, 1.82) is 0 Å². The summed E-state index contributed by atoms with van der Waals surface area (Å²) < 4.78 is 84.5. The fourth-order valence-corrected chi connectivity index (χ4v) is 4.15. The molecular weight excluding hydrogens is 492 g/mol. The average molecular weight is 518 g/mol. The molecule has 0 saturated heterocycles. The molecule has 3 aromatic carbocycles. The van der Waals surface area contributed by atoms with E-state index >= 15 is 4.39 Å². The van der Waals surface area contributed by atoms with Gasteiger partial charge in [-0.25, -0.2) is 13.2 Å². The standard InChI is InChI=1S/C29H25F6NO/c1-2-18-4-10-23(36-16-18)11-5-19-6-12-24-22(13-19)9-8-21(27(24)32)7-3-20-14-25(30)28(26(31)15-20)37-17-29(33,34)35/h4,6,8-10,12-16H,2-3,5,7,11,17H2,1H3. The quantitative estimate of drug-likeness (QED) is 0.212. The molecule has 8 heteroatoms. The molecule has 1 aromatic heterocycles. The molecule has 0 aliphatic heterocycles. The number of ether oxygens (including phenoxy) is 1. The molecule has 1 heterocycles. The predicted octanol–water partition coefficient (Wildman–Crippen LogP) is 7.73. The van der Waals surface area contributed by atoms with Crippen LogP contribution in [0.2, 0.25) is 0 Å². The molecule has 0 aliphatic carbocycles. The second-order valence-corrected chi connectivity index (χ2v) is 8.90. The Morgan fingerprint density at radius 2 is 1.46 bits per heavy atom. The van der Waals surface area contributed by atoms with Gasteiger partial charge in [0.05, 0.1) is 0 Å². The summed E-state index contributed by atoms with van der Waals surface area (Å²) in [7, 11) is 0. The number of halogens is 6. The first-order chi connectivity index (χ1) is 17.6. The van der Waals surface area contributed by atoms with Crippen LogP contribution in [-0.4, -0.2) is 17.8 Å². The van der Waals surface area contributed by atoms with Crippen molar-refractivity contribution in [2.45, 2.75) is 45.2 Å². The van der Waals surface area contributed by atoms with Crippen molar-refractivity contribution in [1.82, 2.24) is 4.98 Å². The van der Waals surface area contributed by atoms with Gasteiger partial charge in [-0.15, -0.1) is 0 Å². The van der Waals surface area contributed by atoms with Gasteiger partial charge < -0.3 is 4.74 Å². The normalized spacial score (nSPS) is 11.8. The zero-order valence-electron chi connectivity index (χ0n) is 20.1. The van der Waals surface area contributed by atoms with Gasteiger partial charge in [0.25, 0.3) is 0 Å². The van der Waals surface area contributed by atoms with E-state index in [1.54, 1.807) is 18.2 Å². The minimum Gasteiger partial charge on any atom is -0.478 e. The van der Waals surface area contributed by atoms with Crippen LogP contribution in [0, 0.1) is 17.5 Å². The Balaban J connectivity index is 1.42. The largest absolute Gasteiger partial charge is 0.478 e. The molecule has 4 rings (SSSR count). The van der Waals surface area contributed by atoms with E-state index in [-0.39, 0.29) is 18.4 Å². The number of pyridine rings is 1. The van der Waals surface area contributed by atoms with Gasteiger partial charge in [-0.1, -0.05) is 43.3 Å². The minimum atomic E-state index is -4.72. The highest BCUT2D eigenvalue weighted by molar-refractivity contribution is 5.84. The molecule has 0 bridgehead atoms. The van der Waals surface area contributed by atoms with Gasteiger partial charge in [-0.2, -0.15) is 13.2 Å². The number of benzene rings is 3. The number of aromatic nitrogens is 1. The van der Waals surface area contributed by atoms with E-state index in [0.717, 1.165) is 48.0 Å². The SMILES string of the molecule is CCc1ccc(CCc2ccc3c(F)c(CCc4cc(F)c(OCC(F)(F)F)c(F)c4)ccc3c2)nc1. The van der Waals surface area contributed by atoms with Crippen molar-refractivity contribution < 1.29 is 31.1 Å². The van der Waals surface area contributed by atoms with Crippen LogP contribution < -0.4 is 4.74 Å². The third kappa shape index (κ3) is 6.81. The number of rotatable bonds is 9. The summed E-state index contributed by atoms with van der Waals surface area (Å²) in [4.78, 5) is 4.47. The van der Waals surface area contributed by atoms with Crippen LogP contribution in [0.5, 0.6) is 5.75 Å². The van der Waals surface area contributed by atoms with Crippen LogP contribution in [0.15, 0.2) is 60.8 Å². The van der Waals surface area contributed by atoms with Crippen molar-refractivity contribution in [2.75, 3.05) is 6.61 Å². The number of fused-ring (bicyclic) bond motifs is 1. The van der Waals surface area contributed by atoms with E-state index in [0.29, 0.717) is 10.9 Å². The Morgan fingerprint density at radius 1 is 0.757 bits per heavy atom. The lowest BCUT2D eigenvalue weighted by molar-refractivity contribution is -0.154. The van der Waals surface area contributed by atoms with Crippen molar-refractivity contribution in [2.24, 2.45) is 0 Å². The summed E-state index contributed by atoms with van der Waals surface area (Å²) in [6, 6.07) is 14.9. The van der Waals surface area contributed by atoms with Crippen LogP contribution in [0.4, 0.5) is 26.3 Å². The lowest BCUT2D eigenvalue weighted by Gasteiger charge is -2.12. The highest BCUT2D eigenvalue weighted by Gasteiger charge is 2.30. The van der Waals surface area contributed by atoms with Gasteiger partial charge in [-0.3, -0.25) is 4.98 Å². The maximum atomic E-state index is 15.2. The van der Waals surface area contributed by atoms with Gasteiger partial charge >= 0.3 is 6.18 Å². The van der Waals surface area contributed by atoms with E-state index < -0.39 is 36.0 Å². The summed E-state index contributed by atoms with van der Waals surface area (Å²) in [6.45, 7) is 0.279. The van der Waals surface area contributed by atoms with Crippen LogP contribution >= 0.6 is 0 Å². The first kappa shape index (κ1) is 26.5. The summed E-state index contributed by atoms with van der Waals surface area (Å²) in [5.41, 5.74) is 3.79. The molecule has 2 nitrogen and oxygen atoms in total. The lowest BCUT2D eigenvalue weighted by atomic mass is 9.97. The molecule has 0 fully saturated rings. The second kappa shape index (κ2) is 11.2. The summed E-state index contributed by atoms with van der Waals surface area (Å²) >= 11 is 0. The maximum absolute atomic E-state index is 15.2. The molecular formula is C29H25F6NO. The summed E-state index contributed by atoms with van der Waals surface area (Å²) in [5.74, 6) is -3.96. The van der Waals surface area contributed by atoms with Gasteiger partial charge in [0, 0.05) is 17.3 Å². The summed E-state index contributed by atoms with van der Waals surface area (Å²) in [5, 5.41) is 1.19. The maximum Gasteiger partial charge on any atom is 0.422 e. The van der Waals surface area contributed by atoms with Crippen molar-refractivity contribution in [3.8, 4) is 5.75 Å². The number of alkyl halides is 3. The van der Waals surface area contributed by atoms with Gasteiger partial charge in [0.15, 0.2) is 24.0 Å². The zero-order chi connectivity index (χ0) is 26.6. The number of aryl methyl sites for hydroxylation is 5. The Hall–Kier alpha value is -3.55. The molecule has 0 amide bonds. The molecule has 0 aliphatic rings. The van der Waals surface area contributed by atoms with E-state index in [4.69, 9.17) is 0 Å². The fourth-order valence-electron chi connectivity index (χ4n) is 4.15. The number of hydrogen-bond donors (Lipinski definition) is 0. The van der Waals surface area contributed by atoms with Crippen molar-refractivity contribution >= 4 is 10.8 Å².